The monoisotopic (exact) mass is 434 g/mol. The van der Waals surface area contributed by atoms with Gasteiger partial charge in [0.2, 0.25) is 10.0 Å². The lowest BCUT2D eigenvalue weighted by atomic mass is 9.80. The van der Waals surface area contributed by atoms with Gasteiger partial charge in [0.25, 0.3) is 0 Å². The standard InChI is InChI=1S/C23H18N2O5S/c1-12-7-9-13(10-8-12)21(26)16-11-17(25-31(2,29)30)18-19(20(16)24)23(28)15-6-4-3-5-14(15)22(18)27/h3-11,25H,24H2,1-2H3. The molecule has 0 heterocycles. The highest BCUT2D eigenvalue weighted by atomic mass is 32.2. The molecule has 0 saturated carbocycles. The Morgan fingerprint density at radius 3 is 2.00 bits per heavy atom. The summed E-state index contributed by atoms with van der Waals surface area (Å²) in [5, 5.41) is 0. The quantitative estimate of drug-likeness (QED) is 0.376. The van der Waals surface area contributed by atoms with Crippen molar-refractivity contribution >= 4 is 38.7 Å². The highest BCUT2D eigenvalue weighted by molar-refractivity contribution is 7.92. The first-order valence-electron chi connectivity index (χ1n) is 9.32. The molecule has 7 nitrogen and oxygen atoms in total. The van der Waals surface area contributed by atoms with Gasteiger partial charge in [-0.15, -0.1) is 0 Å². The molecule has 0 spiro atoms. The van der Waals surface area contributed by atoms with E-state index < -0.39 is 27.4 Å². The average molecular weight is 434 g/mol. The smallest absolute Gasteiger partial charge is 0.229 e. The van der Waals surface area contributed by atoms with Crippen LogP contribution >= 0.6 is 0 Å². The van der Waals surface area contributed by atoms with Crippen LogP contribution in [0.15, 0.2) is 54.6 Å². The molecule has 0 amide bonds. The van der Waals surface area contributed by atoms with E-state index in [2.05, 4.69) is 4.72 Å². The summed E-state index contributed by atoms with van der Waals surface area (Å²) in [6.07, 6.45) is 0.917. The number of aryl methyl sites for hydroxylation is 1. The fraction of sp³-hybridized carbons (Fsp3) is 0.0870. The zero-order valence-electron chi connectivity index (χ0n) is 16.7. The average Bonchev–Trinajstić information content (AvgIpc) is 2.72. The van der Waals surface area contributed by atoms with Crippen LogP contribution < -0.4 is 10.5 Å². The number of sulfonamides is 1. The van der Waals surface area contributed by atoms with Gasteiger partial charge in [-0.25, -0.2) is 8.42 Å². The van der Waals surface area contributed by atoms with Gasteiger partial charge in [0, 0.05) is 22.3 Å². The van der Waals surface area contributed by atoms with Gasteiger partial charge in [0.15, 0.2) is 17.3 Å². The van der Waals surface area contributed by atoms with Gasteiger partial charge in [0.05, 0.1) is 28.8 Å². The van der Waals surface area contributed by atoms with E-state index in [1.807, 2.05) is 6.92 Å². The minimum Gasteiger partial charge on any atom is -0.398 e. The van der Waals surface area contributed by atoms with Crippen molar-refractivity contribution in [1.82, 2.24) is 0 Å². The number of nitrogens with two attached hydrogens (primary N) is 1. The first kappa shape index (κ1) is 20.5. The number of rotatable bonds is 4. The van der Waals surface area contributed by atoms with E-state index in [0.29, 0.717) is 5.56 Å². The summed E-state index contributed by atoms with van der Waals surface area (Å²) in [6.45, 7) is 1.87. The Morgan fingerprint density at radius 1 is 0.903 bits per heavy atom. The van der Waals surface area contributed by atoms with E-state index in [4.69, 9.17) is 5.73 Å². The first-order valence-corrected chi connectivity index (χ1v) is 11.2. The number of nitrogen functional groups attached to an aromatic ring is 1. The number of hydrogen-bond donors (Lipinski definition) is 2. The molecule has 0 bridgehead atoms. The summed E-state index contributed by atoms with van der Waals surface area (Å²) < 4.78 is 26.2. The maximum atomic E-state index is 13.2. The SMILES string of the molecule is Cc1ccc(C(=O)c2cc(NS(C)(=O)=O)c3c(c2N)C(=O)c2ccccc2C3=O)cc1. The zero-order valence-corrected chi connectivity index (χ0v) is 17.5. The van der Waals surface area contributed by atoms with E-state index in [1.165, 1.54) is 18.2 Å². The Labute approximate surface area is 178 Å². The van der Waals surface area contributed by atoms with Gasteiger partial charge in [-0.1, -0.05) is 54.1 Å². The highest BCUT2D eigenvalue weighted by Gasteiger charge is 2.36. The van der Waals surface area contributed by atoms with Crippen LogP contribution in [-0.4, -0.2) is 32.0 Å². The zero-order chi connectivity index (χ0) is 22.5. The van der Waals surface area contributed by atoms with Gasteiger partial charge < -0.3 is 5.73 Å². The van der Waals surface area contributed by atoms with Crippen molar-refractivity contribution in [2.75, 3.05) is 16.7 Å². The third-order valence-electron chi connectivity index (χ3n) is 5.09. The third-order valence-corrected chi connectivity index (χ3v) is 5.68. The Morgan fingerprint density at radius 2 is 1.45 bits per heavy atom. The van der Waals surface area contributed by atoms with Crippen molar-refractivity contribution in [2.45, 2.75) is 6.92 Å². The van der Waals surface area contributed by atoms with Crippen LogP contribution in [0.25, 0.3) is 0 Å². The van der Waals surface area contributed by atoms with E-state index >= 15 is 0 Å². The van der Waals surface area contributed by atoms with Crippen LogP contribution in [0.1, 0.15) is 53.3 Å². The normalized spacial score (nSPS) is 12.8. The van der Waals surface area contributed by atoms with Gasteiger partial charge in [-0.3, -0.25) is 19.1 Å². The molecule has 1 aliphatic rings. The van der Waals surface area contributed by atoms with Crippen LogP contribution in [0.2, 0.25) is 0 Å². The Hall–Kier alpha value is -3.78. The largest absolute Gasteiger partial charge is 0.398 e. The van der Waals surface area contributed by atoms with Gasteiger partial charge in [-0.2, -0.15) is 0 Å². The van der Waals surface area contributed by atoms with Crippen LogP contribution in [0.3, 0.4) is 0 Å². The molecule has 0 aromatic heterocycles. The topological polar surface area (TPSA) is 123 Å². The van der Waals surface area contributed by atoms with Gasteiger partial charge in [-0.05, 0) is 13.0 Å². The molecular weight excluding hydrogens is 416 g/mol. The minimum absolute atomic E-state index is 0.0608. The number of carbonyl (C=O) groups excluding carboxylic acids is 3. The summed E-state index contributed by atoms with van der Waals surface area (Å²) in [5.41, 5.74) is 7.10. The fourth-order valence-corrected chi connectivity index (χ4v) is 4.21. The molecule has 8 heteroatoms. The van der Waals surface area contributed by atoms with Crippen molar-refractivity contribution < 1.29 is 22.8 Å². The molecule has 0 aliphatic heterocycles. The summed E-state index contributed by atoms with van der Waals surface area (Å²) in [4.78, 5) is 39.6. The van der Waals surface area contributed by atoms with Crippen LogP contribution in [0, 0.1) is 6.92 Å². The maximum absolute atomic E-state index is 13.2. The Kier molecular flexibility index (Phi) is 4.74. The van der Waals surface area contributed by atoms with Crippen molar-refractivity contribution in [2.24, 2.45) is 0 Å². The summed E-state index contributed by atoms with van der Waals surface area (Å²) in [5.74, 6) is -1.58. The maximum Gasteiger partial charge on any atom is 0.229 e. The molecule has 0 fully saturated rings. The number of fused-ring (bicyclic) bond motifs is 2. The van der Waals surface area contributed by atoms with Crippen LogP contribution in [0.5, 0.6) is 0 Å². The Balaban J connectivity index is 2.01. The lowest BCUT2D eigenvalue weighted by Crippen LogP contribution is -2.26. The van der Waals surface area contributed by atoms with Crippen molar-refractivity contribution in [3.63, 3.8) is 0 Å². The number of nitrogens with one attached hydrogen (secondary N) is 1. The molecule has 0 saturated heterocycles. The van der Waals surface area contributed by atoms with Gasteiger partial charge >= 0.3 is 0 Å². The number of hydrogen-bond acceptors (Lipinski definition) is 6. The molecule has 156 valence electrons. The molecule has 31 heavy (non-hydrogen) atoms. The highest BCUT2D eigenvalue weighted by Crippen LogP contribution is 2.38. The van der Waals surface area contributed by atoms with Crippen LogP contribution in [0.4, 0.5) is 11.4 Å². The summed E-state index contributed by atoms with van der Waals surface area (Å²) in [7, 11) is -3.82. The molecule has 0 radical (unpaired) electrons. The van der Waals surface area contributed by atoms with E-state index in [1.54, 1.807) is 36.4 Å². The molecule has 3 aromatic carbocycles. The van der Waals surface area contributed by atoms with Crippen molar-refractivity contribution in [3.05, 3.63) is 93.5 Å². The summed E-state index contributed by atoms with van der Waals surface area (Å²) >= 11 is 0. The van der Waals surface area contributed by atoms with E-state index in [-0.39, 0.29) is 39.2 Å². The third kappa shape index (κ3) is 3.51. The van der Waals surface area contributed by atoms with E-state index in [0.717, 1.165) is 11.8 Å². The molecule has 4 rings (SSSR count). The second-order valence-corrected chi connectivity index (χ2v) is 9.16. The molecular formula is C23H18N2O5S. The first-order chi connectivity index (χ1) is 14.6. The predicted molar refractivity (Wildman–Crippen MR) is 117 cm³/mol. The predicted octanol–water partition coefficient (Wildman–Crippen LogP) is 2.96. The number of carbonyl (C=O) groups is 3. The molecule has 0 unspecified atom stereocenters. The second kappa shape index (κ2) is 7.17. The molecule has 0 atom stereocenters. The second-order valence-electron chi connectivity index (χ2n) is 7.41. The number of ketones is 3. The van der Waals surface area contributed by atoms with Crippen molar-refractivity contribution in [3.8, 4) is 0 Å². The van der Waals surface area contributed by atoms with E-state index in [9.17, 15) is 22.8 Å². The lowest BCUT2D eigenvalue weighted by Gasteiger charge is -2.23. The van der Waals surface area contributed by atoms with Crippen LogP contribution in [-0.2, 0) is 10.0 Å². The molecule has 3 N–H and O–H groups in total. The molecule has 1 aliphatic carbocycles. The minimum atomic E-state index is -3.82. The molecule has 3 aromatic rings. The fourth-order valence-electron chi connectivity index (χ4n) is 3.65. The lowest BCUT2D eigenvalue weighted by molar-refractivity contribution is 0.0979. The Bertz CT molecular complexity index is 1390. The number of benzene rings is 3. The van der Waals surface area contributed by atoms with Crippen molar-refractivity contribution in [1.29, 1.82) is 0 Å². The summed E-state index contributed by atoms with van der Waals surface area (Å²) in [6, 6.07) is 14.2. The number of anilines is 2. The van der Waals surface area contributed by atoms with Gasteiger partial charge in [0.1, 0.15) is 0 Å².